The fraction of sp³-hybridized carbons (Fsp3) is 0.692. The van der Waals surface area contributed by atoms with Crippen LogP contribution < -0.4 is 5.32 Å². The molecule has 0 bridgehead atoms. The maximum atomic E-state index is 3.66. The van der Waals surface area contributed by atoms with Crippen LogP contribution in [0, 0.1) is 12.8 Å². The summed E-state index contributed by atoms with van der Waals surface area (Å²) < 4.78 is 0. The third kappa shape index (κ3) is 3.05. The number of hydrogen-bond acceptors (Lipinski definition) is 2. The molecule has 0 radical (unpaired) electrons. The van der Waals surface area contributed by atoms with Crippen LogP contribution in [0.25, 0.3) is 0 Å². The monoisotopic (exact) mass is 223 g/mol. The van der Waals surface area contributed by atoms with E-state index in [1.165, 1.54) is 35.4 Å². The van der Waals surface area contributed by atoms with E-state index >= 15 is 0 Å². The summed E-state index contributed by atoms with van der Waals surface area (Å²) in [4.78, 5) is 2.89. The molecule has 0 spiro atoms. The average molecular weight is 223 g/mol. The lowest BCUT2D eigenvalue weighted by molar-refractivity contribution is 0.381. The van der Waals surface area contributed by atoms with E-state index in [4.69, 9.17) is 0 Å². The molecule has 1 atom stereocenters. The largest absolute Gasteiger partial charge is 0.309 e. The Morgan fingerprint density at radius 1 is 1.40 bits per heavy atom. The Bertz CT molecular complexity index is 299. The molecule has 2 rings (SSSR count). The molecule has 0 aromatic carbocycles. The molecule has 1 aliphatic carbocycles. The maximum Gasteiger partial charge on any atom is 0.0302 e. The van der Waals surface area contributed by atoms with Gasteiger partial charge in [-0.25, -0.2) is 0 Å². The first kappa shape index (κ1) is 11.2. The quantitative estimate of drug-likeness (QED) is 0.820. The molecule has 1 aromatic heterocycles. The molecular weight excluding hydrogens is 202 g/mol. The average Bonchev–Trinajstić information content (AvgIpc) is 2.84. The first-order valence-electron chi connectivity index (χ1n) is 6.04. The Morgan fingerprint density at radius 2 is 2.13 bits per heavy atom. The predicted molar refractivity (Wildman–Crippen MR) is 67.3 cm³/mol. The zero-order chi connectivity index (χ0) is 10.7. The van der Waals surface area contributed by atoms with Crippen molar-refractivity contribution in [1.82, 2.24) is 5.32 Å². The van der Waals surface area contributed by atoms with Crippen molar-refractivity contribution < 1.29 is 0 Å². The highest BCUT2D eigenvalue weighted by molar-refractivity contribution is 7.11. The van der Waals surface area contributed by atoms with Crippen LogP contribution in [0.2, 0.25) is 0 Å². The Balaban J connectivity index is 1.77. The number of aryl methyl sites for hydroxylation is 1. The van der Waals surface area contributed by atoms with Crippen LogP contribution in [0.5, 0.6) is 0 Å². The highest BCUT2D eigenvalue weighted by atomic mass is 32.1. The van der Waals surface area contributed by atoms with E-state index in [1.807, 2.05) is 11.3 Å². The fourth-order valence-electron chi connectivity index (χ4n) is 2.47. The lowest BCUT2D eigenvalue weighted by atomic mass is 10.00. The van der Waals surface area contributed by atoms with Crippen molar-refractivity contribution in [2.45, 2.75) is 52.1 Å². The van der Waals surface area contributed by atoms with Crippen LogP contribution in [-0.4, -0.2) is 6.04 Å². The third-order valence-corrected chi connectivity index (χ3v) is 4.50. The molecule has 0 amide bonds. The molecule has 1 aliphatic rings. The molecule has 1 N–H and O–H groups in total. The van der Waals surface area contributed by atoms with Gasteiger partial charge in [-0.3, -0.25) is 0 Å². The van der Waals surface area contributed by atoms with E-state index in [-0.39, 0.29) is 0 Å². The van der Waals surface area contributed by atoms with Crippen LogP contribution >= 0.6 is 11.3 Å². The lowest BCUT2D eigenvalue weighted by Crippen LogP contribution is -2.31. The van der Waals surface area contributed by atoms with Crippen LogP contribution in [0.15, 0.2) is 12.1 Å². The Labute approximate surface area is 96.9 Å². The van der Waals surface area contributed by atoms with Gasteiger partial charge in [0.05, 0.1) is 0 Å². The van der Waals surface area contributed by atoms with Gasteiger partial charge in [0, 0.05) is 22.3 Å². The maximum absolute atomic E-state index is 3.66. The number of hydrogen-bond donors (Lipinski definition) is 1. The van der Waals surface area contributed by atoms with E-state index < -0.39 is 0 Å². The topological polar surface area (TPSA) is 12.0 Å². The zero-order valence-electron chi connectivity index (χ0n) is 9.75. The summed E-state index contributed by atoms with van der Waals surface area (Å²) in [6.07, 6.45) is 5.73. The van der Waals surface area contributed by atoms with Gasteiger partial charge < -0.3 is 5.32 Å². The van der Waals surface area contributed by atoms with Gasteiger partial charge in [0.1, 0.15) is 0 Å². The third-order valence-electron chi connectivity index (χ3n) is 3.50. The van der Waals surface area contributed by atoms with E-state index in [9.17, 15) is 0 Å². The van der Waals surface area contributed by atoms with Crippen molar-refractivity contribution >= 4 is 11.3 Å². The second kappa shape index (κ2) is 5.13. The van der Waals surface area contributed by atoms with Crippen molar-refractivity contribution in [3.63, 3.8) is 0 Å². The standard InChI is InChI=1S/C13H21NS/c1-10-7-8-13(15-10)9-14-11(2)12-5-3-4-6-12/h7-8,11-12,14H,3-6,9H2,1-2H3. The summed E-state index contributed by atoms with van der Waals surface area (Å²) in [7, 11) is 0. The fourth-order valence-corrected chi connectivity index (χ4v) is 3.31. The molecule has 1 unspecified atom stereocenters. The second-order valence-corrected chi connectivity index (χ2v) is 6.10. The van der Waals surface area contributed by atoms with Crippen molar-refractivity contribution in [3.8, 4) is 0 Å². The summed E-state index contributed by atoms with van der Waals surface area (Å²) in [6.45, 7) is 5.57. The van der Waals surface area contributed by atoms with E-state index in [0.717, 1.165) is 12.5 Å². The van der Waals surface area contributed by atoms with E-state index in [1.54, 1.807) is 0 Å². The van der Waals surface area contributed by atoms with Crippen LogP contribution in [0.3, 0.4) is 0 Å². The minimum Gasteiger partial charge on any atom is -0.309 e. The lowest BCUT2D eigenvalue weighted by Gasteiger charge is -2.19. The molecule has 0 aliphatic heterocycles. The van der Waals surface area contributed by atoms with Crippen LogP contribution in [0.4, 0.5) is 0 Å². The SMILES string of the molecule is Cc1ccc(CNC(C)C2CCCC2)s1. The van der Waals surface area contributed by atoms with E-state index in [0.29, 0.717) is 6.04 Å². The molecular formula is C13H21NS. The van der Waals surface area contributed by atoms with Crippen LogP contribution in [0.1, 0.15) is 42.4 Å². The first-order chi connectivity index (χ1) is 7.25. The molecule has 1 saturated carbocycles. The zero-order valence-corrected chi connectivity index (χ0v) is 10.6. The summed E-state index contributed by atoms with van der Waals surface area (Å²) >= 11 is 1.91. The van der Waals surface area contributed by atoms with Gasteiger partial charge in [-0.15, -0.1) is 11.3 Å². The van der Waals surface area contributed by atoms with Gasteiger partial charge in [-0.1, -0.05) is 12.8 Å². The van der Waals surface area contributed by atoms with Gasteiger partial charge in [-0.05, 0) is 44.7 Å². The molecule has 84 valence electrons. The van der Waals surface area contributed by atoms with Crippen LogP contribution in [-0.2, 0) is 6.54 Å². The highest BCUT2D eigenvalue weighted by Crippen LogP contribution is 2.27. The Morgan fingerprint density at radius 3 is 2.73 bits per heavy atom. The van der Waals surface area contributed by atoms with Gasteiger partial charge in [0.25, 0.3) is 0 Å². The van der Waals surface area contributed by atoms with Gasteiger partial charge in [0.15, 0.2) is 0 Å². The molecule has 1 nitrogen and oxygen atoms in total. The Hall–Kier alpha value is -0.340. The molecule has 15 heavy (non-hydrogen) atoms. The molecule has 1 heterocycles. The number of nitrogens with one attached hydrogen (secondary N) is 1. The second-order valence-electron chi connectivity index (χ2n) is 4.73. The molecule has 2 heteroatoms. The highest BCUT2D eigenvalue weighted by Gasteiger charge is 2.20. The summed E-state index contributed by atoms with van der Waals surface area (Å²) in [5, 5.41) is 3.66. The van der Waals surface area contributed by atoms with Crippen molar-refractivity contribution in [1.29, 1.82) is 0 Å². The van der Waals surface area contributed by atoms with E-state index in [2.05, 4.69) is 31.3 Å². The van der Waals surface area contributed by atoms with Crippen molar-refractivity contribution in [2.24, 2.45) is 5.92 Å². The van der Waals surface area contributed by atoms with Gasteiger partial charge >= 0.3 is 0 Å². The number of thiophene rings is 1. The number of rotatable bonds is 4. The Kier molecular flexibility index (Phi) is 3.81. The molecule has 1 aromatic rings. The molecule has 0 saturated heterocycles. The predicted octanol–water partition coefficient (Wildman–Crippen LogP) is 3.72. The van der Waals surface area contributed by atoms with Gasteiger partial charge in [-0.2, -0.15) is 0 Å². The van der Waals surface area contributed by atoms with Crippen molar-refractivity contribution in [2.75, 3.05) is 0 Å². The summed E-state index contributed by atoms with van der Waals surface area (Å²) in [5.41, 5.74) is 0. The van der Waals surface area contributed by atoms with Crippen molar-refractivity contribution in [3.05, 3.63) is 21.9 Å². The first-order valence-corrected chi connectivity index (χ1v) is 6.86. The summed E-state index contributed by atoms with van der Waals surface area (Å²) in [6, 6.07) is 5.14. The van der Waals surface area contributed by atoms with Gasteiger partial charge in [0.2, 0.25) is 0 Å². The minimum atomic E-state index is 0.690. The normalized spacial score (nSPS) is 19.6. The minimum absolute atomic E-state index is 0.690. The molecule has 1 fully saturated rings. The summed E-state index contributed by atoms with van der Waals surface area (Å²) in [5.74, 6) is 0.922. The smallest absolute Gasteiger partial charge is 0.0302 e.